The summed E-state index contributed by atoms with van der Waals surface area (Å²) in [4.78, 5) is 0.428. The molecule has 2 fully saturated rings. The van der Waals surface area contributed by atoms with Crippen LogP contribution < -0.4 is 5.32 Å². The normalized spacial score (nSPS) is 24.7. The van der Waals surface area contributed by atoms with Crippen LogP contribution >= 0.6 is 0 Å². The summed E-state index contributed by atoms with van der Waals surface area (Å²) in [5.74, 6) is 0. The Hall–Kier alpha value is -0.910. The largest absolute Gasteiger partial charge is 0.373 e. The molecule has 0 bridgehead atoms. The Labute approximate surface area is 126 Å². The van der Waals surface area contributed by atoms with Crippen molar-refractivity contribution in [3.05, 3.63) is 29.8 Å². The van der Waals surface area contributed by atoms with Crippen LogP contribution in [0.2, 0.25) is 0 Å². The third kappa shape index (κ3) is 3.00. The number of ether oxygens (including phenoxy) is 1. The van der Waals surface area contributed by atoms with Crippen LogP contribution in [0.1, 0.15) is 37.7 Å². The van der Waals surface area contributed by atoms with Gasteiger partial charge in [-0.2, -0.15) is 0 Å². The summed E-state index contributed by atoms with van der Waals surface area (Å²) in [5, 5.41) is 3.55. The van der Waals surface area contributed by atoms with E-state index in [1.54, 1.807) is 12.1 Å². The van der Waals surface area contributed by atoms with Crippen LogP contribution in [0, 0.1) is 0 Å². The number of benzene rings is 1. The highest BCUT2D eigenvalue weighted by Gasteiger charge is 2.45. The van der Waals surface area contributed by atoms with Gasteiger partial charge in [-0.15, -0.1) is 0 Å². The SMILES string of the molecule is CS(=O)(=O)c1ccccc1CNC1CCOC12CCCC2. The summed E-state index contributed by atoms with van der Waals surface area (Å²) in [7, 11) is -3.18. The maximum absolute atomic E-state index is 11.8. The molecule has 1 saturated carbocycles. The minimum atomic E-state index is -3.18. The van der Waals surface area contributed by atoms with Crippen molar-refractivity contribution in [1.82, 2.24) is 5.32 Å². The molecular weight excluding hydrogens is 286 g/mol. The highest BCUT2D eigenvalue weighted by molar-refractivity contribution is 7.90. The Morgan fingerprint density at radius 1 is 1.29 bits per heavy atom. The number of sulfone groups is 1. The molecule has 5 heteroatoms. The van der Waals surface area contributed by atoms with E-state index in [4.69, 9.17) is 4.74 Å². The van der Waals surface area contributed by atoms with E-state index in [9.17, 15) is 8.42 Å². The molecule has 3 rings (SSSR count). The molecule has 21 heavy (non-hydrogen) atoms. The zero-order valence-electron chi connectivity index (χ0n) is 12.5. The number of nitrogens with one attached hydrogen (secondary N) is 1. The molecule has 116 valence electrons. The molecule has 0 aromatic heterocycles. The lowest BCUT2D eigenvalue weighted by molar-refractivity contribution is -0.00487. The zero-order valence-corrected chi connectivity index (χ0v) is 13.3. The van der Waals surface area contributed by atoms with Gasteiger partial charge in [0.2, 0.25) is 0 Å². The number of rotatable bonds is 4. The van der Waals surface area contributed by atoms with Gasteiger partial charge in [-0.1, -0.05) is 31.0 Å². The highest BCUT2D eigenvalue weighted by atomic mass is 32.2. The second-order valence-corrected chi connectivity index (χ2v) is 8.21. The Morgan fingerprint density at radius 3 is 2.71 bits per heavy atom. The standard InChI is InChI=1S/C16H23NO3S/c1-21(18,19)14-7-3-2-6-13(14)12-17-15-8-11-20-16(15)9-4-5-10-16/h2-3,6-7,15,17H,4-5,8-12H2,1H3. The van der Waals surface area contributed by atoms with Gasteiger partial charge in [0.1, 0.15) is 0 Å². The summed E-state index contributed by atoms with van der Waals surface area (Å²) < 4.78 is 29.7. The van der Waals surface area contributed by atoms with Gasteiger partial charge < -0.3 is 10.1 Å². The molecule has 1 aromatic carbocycles. The second kappa shape index (κ2) is 5.71. The van der Waals surface area contributed by atoms with E-state index in [1.807, 2.05) is 12.1 Å². The summed E-state index contributed by atoms with van der Waals surface area (Å²) in [5.41, 5.74) is 0.847. The fraction of sp³-hybridized carbons (Fsp3) is 0.625. The van der Waals surface area contributed by atoms with Crippen LogP contribution in [-0.4, -0.2) is 32.9 Å². The Balaban J connectivity index is 1.74. The minimum absolute atomic E-state index is 0.0000331. The molecule has 0 amide bonds. The Kier molecular flexibility index (Phi) is 4.08. The van der Waals surface area contributed by atoms with E-state index in [0.717, 1.165) is 31.4 Å². The van der Waals surface area contributed by atoms with Gasteiger partial charge in [0.25, 0.3) is 0 Å². The van der Waals surface area contributed by atoms with E-state index in [1.165, 1.54) is 19.1 Å². The summed E-state index contributed by atoms with van der Waals surface area (Å²) in [6.07, 6.45) is 7.00. The predicted octanol–water partition coefficient (Wildman–Crippen LogP) is 2.28. The van der Waals surface area contributed by atoms with E-state index >= 15 is 0 Å². The maximum atomic E-state index is 11.8. The molecular formula is C16H23NO3S. The van der Waals surface area contributed by atoms with Crippen molar-refractivity contribution in [3.8, 4) is 0 Å². The molecule has 1 heterocycles. The van der Waals surface area contributed by atoms with Gasteiger partial charge >= 0.3 is 0 Å². The smallest absolute Gasteiger partial charge is 0.175 e. The third-order valence-corrected chi connectivity index (χ3v) is 5.99. The molecule has 1 aliphatic heterocycles. The van der Waals surface area contributed by atoms with Crippen LogP contribution in [0.15, 0.2) is 29.2 Å². The number of hydrogen-bond donors (Lipinski definition) is 1. The monoisotopic (exact) mass is 309 g/mol. The molecule has 1 unspecified atom stereocenters. The third-order valence-electron chi connectivity index (χ3n) is 4.79. The first-order chi connectivity index (χ1) is 10.0. The van der Waals surface area contributed by atoms with Gasteiger partial charge in [-0.25, -0.2) is 8.42 Å². The van der Waals surface area contributed by atoms with Crippen LogP contribution in [0.3, 0.4) is 0 Å². The van der Waals surface area contributed by atoms with Crippen molar-refractivity contribution in [2.45, 2.75) is 55.2 Å². The van der Waals surface area contributed by atoms with Crippen LogP contribution in [0.4, 0.5) is 0 Å². The fourth-order valence-electron chi connectivity index (χ4n) is 3.74. The lowest BCUT2D eigenvalue weighted by Gasteiger charge is -2.30. The first-order valence-corrected chi connectivity index (χ1v) is 9.56. The fourth-order valence-corrected chi connectivity index (χ4v) is 4.69. The van der Waals surface area contributed by atoms with Crippen molar-refractivity contribution in [2.75, 3.05) is 12.9 Å². The van der Waals surface area contributed by atoms with Gasteiger partial charge in [0.15, 0.2) is 9.84 Å². The van der Waals surface area contributed by atoms with Crippen molar-refractivity contribution >= 4 is 9.84 Å². The quantitative estimate of drug-likeness (QED) is 0.927. The first kappa shape index (κ1) is 15.0. The lowest BCUT2D eigenvalue weighted by atomic mass is 9.92. The number of hydrogen-bond acceptors (Lipinski definition) is 4. The molecule has 4 nitrogen and oxygen atoms in total. The highest BCUT2D eigenvalue weighted by Crippen LogP contribution is 2.41. The van der Waals surface area contributed by atoms with E-state index in [2.05, 4.69) is 5.32 Å². The molecule has 1 spiro atoms. The Morgan fingerprint density at radius 2 is 2.00 bits per heavy atom. The van der Waals surface area contributed by atoms with Gasteiger partial charge in [-0.05, 0) is 30.9 Å². The second-order valence-electron chi connectivity index (χ2n) is 6.22. The molecule has 2 aliphatic rings. The van der Waals surface area contributed by atoms with Crippen molar-refractivity contribution in [3.63, 3.8) is 0 Å². The average Bonchev–Trinajstić information content (AvgIpc) is 3.07. The average molecular weight is 309 g/mol. The van der Waals surface area contributed by atoms with Gasteiger partial charge in [-0.3, -0.25) is 0 Å². The van der Waals surface area contributed by atoms with Crippen molar-refractivity contribution < 1.29 is 13.2 Å². The van der Waals surface area contributed by atoms with Gasteiger partial charge in [0, 0.05) is 25.4 Å². The van der Waals surface area contributed by atoms with Crippen LogP contribution in [0.5, 0.6) is 0 Å². The van der Waals surface area contributed by atoms with E-state index in [-0.39, 0.29) is 5.60 Å². The van der Waals surface area contributed by atoms with E-state index < -0.39 is 9.84 Å². The molecule has 1 saturated heterocycles. The first-order valence-electron chi connectivity index (χ1n) is 7.67. The molecule has 0 radical (unpaired) electrons. The predicted molar refractivity (Wildman–Crippen MR) is 81.9 cm³/mol. The van der Waals surface area contributed by atoms with Crippen molar-refractivity contribution in [2.24, 2.45) is 0 Å². The Bertz CT molecular complexity index is 600. The molecule has 1 N–H and O–H groups in total. The summed E-state index contributed by atoms with van der Waals surface area (Å²) in [6, 6.07) is 7.58. The van der Waals surface area contributed by atoms with Crippen molar-refractivity contribution in [1.29, 1.82) is 0 Å². The maximum Gasteiger partial charge on any atom is 0.175 e. The summed E-state index contributed by atoms with van der Waals surface area (Å²) >= 11 is 0. The summed E-state index contributed by atoms with van der Waals surface area (Å²) in [6.45, 7) is 1.39. The van der Waals surface area contributed by atoms with Crippen LogP contribution in [-0.2, 0) is 21.1 Å². The lowest BCUT2D eigenvalue weighted by Crippen LogP contribution is -2.45. The minimum Gasteiger partial charge on any atom is -0.373 e. The van der Waals surface area contributed by atoms with E-state index in [0.29, 0.717) is 17.5 Å². The van der Waals surface area contributed by atoms with Crippen LogP contribution in [0.25, 0.3) is 0 Å². The molecule has 1 aliphatic carbocycles. The zero-order chi connectivity index (χ0) is 14.9. The van der Waals surface area contributed by atoms with Gasteiger partial charge in [0.05, 0.1) is 10.5 Å². The topological polar surface area (TPSA) is 55.4 Å². The molecule has 1 atom stereocenters. The molecule has 1 aromatic rings.